The molecule has 0 radical (unpaired) electrons. The van der Waals surface area contributed by atoms with Crippen molar-refractivity contribution in [3.63, 3.8) is 0 Å². The number of fused-ring (bicyclic) bond motifs is 3. The minimum atomic E-state index is -3.60. The first-order valence-corrected chi connectivity index (χ1v) is 11.5. The highest BCUT2D eigenvalue weighted by molar-refractivity contribution is 7.89. The summed E-state index contributed by atoms with van der Waals surface area (Å²) in [5, 5.41) is 3.12. The van der Waals surface area contributed by atoms with Crippen molar-refractivity contribution in [1.29, 1.82) is 0 Å². The molecular weight excluding hydrogens is 414 g/mol. The number of rotatable bonds is 4. The molecule has 7 nitrogen and oxygen atoms in total. The number of benzene rings is 2. The number of amides is 1. The average molecular weight is 436 g/mol. The molecule has 31 heavy (non-hydrogen) atoms. The molecule has 5 rings (SSSR count). The summed E-state index contributed by atoms with van der Waals surface area (Å²) in [6, 6.07) is 15.1. The van der Waals surface area contributed by atoms with Crippen molar-refractivity contribution in [2.45, 2.75) is 11.3 Å². The van der Waals surface area contributed by atoms with Crippen LogP contribution in [-0.2, 0) is 21.2 Å². The van der Waals surface area contributed by atoms with Crippen LogP contribution in [0.3, 0.4) is 0 Å². The van der Waals surface area contributed by atoms with Crippen molar-refractivity contribution in [1.82, 2.24) is 14.2 Å². The van der Waals surface area contributed by atoms with Crippen LogP contribution in [0, 0.1) is 0 Å². The van der Waals surface area contributed by atoms with Crippen LogP contribution in [0.15, 0.2) is 76.5 Å². The smallest absolute Gasteiger partial charge is 0.244 e. The molecule has 1 aliphatic rings. The van der Waals surface area contributed by atoms with Gasteiger partial charge in [-0.2, -0.15) is 4.31 Å². The topological polar surface area (TPSA) is 83.7 Å². The van der Waals surface area contributed by atoms with Crippen LogP contribution >= 0.6 is 0 Å². The highest BCUT2D eigenvalue weighted by Gasteiger charge is 2.30. The second kappa shape index (κ2) is 7.79. The molecule has 8 heteroatoms. The zero-order valence-electron chi connectivity index (χ0n) is 16.8. The van der Waals surface area contributed by atoms with Gasteiger partial charge in [0, 0.05) is 49.5 Å². The first-order valence-electron chi connectivity index (χ1n) is 10.1. The lowest BCUT2D eigenvalue weighted by Gasteiger charge is -2.34. The molecule has 0 unspecified atom stereocenters. The number of pyridine rings is 1. The minimum Gasteiger partial charge on any atom is -0.464 e. The number of furan rings is 1. The average Bonchev–Trinajstić information content (AvgIpc) is 3.23. The number of nitrogens with zero attached hydrogens (tertiary/aromatic N) is 3. The van der Waals surface area contributed by atoms with Gasteiger partial charge in [0.1, 0.15) is 10.5 Å². The molecule has 158 valence electrons. The summed E-state index contributed by atoms with van der Waals surface area (Å²) < 4.78 is 32.6. The number of hydrogen-bond donors (Lipinski definition) is 0. The largest absolute Gasteiger partial charge is 0.464 e. The van der Waals surface area contributed by atoms with Crippen LogP contribution in [0.4, 0.5) is 0 Å². The molecule has 0 saturated carbocycles. The SMILES string of the molecule is O=C(Cc1coc2ccc3ccccc3c12)N1CCN(S(=O)(=O)c2cccnc2)CC1. The van der Waals surface area contributed by atoms with Crippen molar-refractivity contribution in [2.75, 3.05) is 26.2 Å². The number of piperazine rings is 1. The number of hydrogen-bond acceptors (Lipinski definition) is 5. The Hall–Kier alpha value is -3.23. The monoisotopic (exact) mass is 435 g/mol. The van der Waals surface area contributed by atoms with Gasteiger partial charge in [-0.25, -0.2) is 8.42 Å². The van der Waals surface area contributed by atoms with Gasteiger partial charge in [-0.1, -0.05) is 30.3 Å². The van der Waals surface area contributed by atoms with Crippen LogP contribution in [-0.4, -0.2) is 54.7 Å². The van der Waals surface area contributed by atoms with Crippen LogP contribution in [0.25, 0.3) is 21.7 Å². The zero-order valence-corrected chi connectivity index (χ0v) is 17.6. The maximum Gasteiger partial charge on any atom is 0.244 e. The van der Waals surface area contributed by atoms with E-state index in [0.717, 1.165) is 27.3 Å². The third-order valence-electron chi connectivity index (χ3n) is 5.75. The fraction of sp³-hybridized carbons (Fsp3) is 0.217. The predicted molar refractivity (Wildman–Crippen MR) is 117 cm³/mol. The second-order valence-electron chi connectivity index (χ2n) is 7.57. The van der Waals surface area contributed by atoms with Gasteiger partial charge in [0.25, 0.3) is 0 Å². The first kappa shape index (κ1) is 19.7. The van der Waals surface area contributed by atoms with Gasteiger partial charge in [0.2, 0.25) is 15.9 Å². The van der Waals surface area contributed by atoms with E-state index in [1.807, 2.05) is 36.4 Å². The summed E-state index contributed by atoms with van der Waals surface area (Å²) in [6.07, 6.45) is 4.76. The summed E-state index contributed by atoms with van der Waals surface area (Å²) in [4.78, 5) is 18.8. The van der Waals surface area contributed by atoms with E-state index in [0.29, 0.717) is 13.1 Å². The number of aromatic nitrogens is 1. The van der Waals surface area contributed by atoms with Crippen molar-refractivity contribution >= 4 is 37.7 Å². The molecule has 2 aromatic carbocycles. The van der Waals surface area contributed by atoms with Gasteiger partial charge in [-0.3, -0.25) is 9.78 Å². The second-order valence-corrected chi connectivity index (χ2v) is 9.51. The van der Waals surface area contributed by atoms with E-state index in [1.165, 1.54) is 16.6 Å². The lowest BCUT2D eigenvalue weighted by molar-refractivity contribution is -0.131. The molecule has 0 aliphatic carbocycles. The Bertz CT molecular complexity index is 1360. The molecule has 1 saturated heterocycles. The minimum absolute atomic E-state index is 0.0333. The van der Waals surface area contributed by atoms with Crippen LogP contribution < -0.4 is 0 Å². The Kier molecular flexibility index (Phi) is 4.95. The summed E-state index contributed by atoms with van der Waals surface area (Å²) in [6.45, 7) is 1.24. The Morgan fingerprint density at radius 1 is 1.00 bits per heavy atom. The maximum absolute atomic E-state index is 13.0. The van der Waals surface area contributed by atoms with E-state index < -0.39 is 10.0 Å². The van der Waals surface area contributed by atoms with Crippen LogP contribution in [0.1, 0.15) is 5.56 Å². The fourth-order valence-corrected chi connectivity index (χ4v) is 5.49. The molecule has 1 fully saturated rings. The molecular formula is C23H21N3O4S. The summed E-state index contributed by atoms with van der Waals surface area (Å²) in [5.74, 6) is -0.0333. The van der Waals surface area contributed by atoms with Gasteiger partial charge < -0.3 is 9.32 Å². The maximum atomic E-state index is 13.0. The molecule has 0 spiro atoms. The summed E-state index contributed by atoms with van der Waals surface area (Å²) in [7, 11) is -3.60. The quantitative estimate of drug-likeness (QED) is 0.492. The lowest BCUT2D eigenvalue weighted by atomic mass is 10.0. The molecule has 0 N–H and O–H groups in total. The van der Waals surface area contributed by atoms with E-state index in [9.17, 15) is 13.2 Å². The fourth-order valence-electron chi connectivity index (χ4n) is 4.11. The van der Waals surface area contributed by atoms with Crippen LogP contribution in [0.5, 0.6) is 0 Å². The third kappa shape index (κ3) is 3.58. The summed E-state index contributed by atoms with van der Waals surface area (Å²) >= 11 is 0. The van der Waals surface area contributed by atoms with Gasteiger partial charge >= 0.3 is 0 Å². The van der Waals surface area contributed by atoms with E-state index in [2.05, 4.69) is 4.98 Å². The van der Waals surface area contributed by atoms with Crippen LogP contribution in [0.2, 0.25) is 0 Å². The Morgan fingerprint density at radius 2 is 1.81 bits per heavy atom. The summed E-state index contributed by atoms with van der Waals surface area (Å²) in [5.41, 5.74) is 1.61. The lowest BCUT2D eigenvalue weighted by Crippen LogP contribution is -2.50. The highest BCUT2D eigenvalue weighted by atomic mass is 32.2. The van der Waals surface area contributed by atoms with Crippen molar-refractivity contribution < 1.29 is 17.6 Å². The van der Waals surface area contributed by atoms with E-state index in [1.54, 1.807) is 23.4 Å². The molecule has 2 aromatic heterocycles. The van der Waals surface area contributed by atoms with Crippen molar-refractivity contribution in [3.05, 3.63) is 72.8 Å². The Balaban J connectivity index is 1.31. The van der Waals surface area contributed by atoms with Gasteiger partial charge in [0.15, 0.2) is 0 Å². The third-order valence-corrected chi connectivity index (χ3v) is 7.63. The normalized spacial score (nSPS) is 15.5. The molecule has 0 bridgehead atoms. The van der Waals surface area contributed by atoms with Crippen molar-refractivity contribution in [2.24, 2.45) is 0 Å². The number of carbonyl (C=O) groups excluding carboxylic acids is 1. The van der Waals surface area contributed by atoms with E-state index in [-0.39, 0.29) is 30.3 Å². The highest BCUT2D eigenvalue weighted by Crippen LogP contribution is 2.30. The predicted octanol–water partition coefficient (Wildman–Crippen LogP) is 3.06. The Morgan fingerprint density at radius 3 is 2.58 bits per heavy atom. The molecule has 3 heterocycles. The zero-order chi connectivity index (χ0) is 21.4. The molecule has 0 atom stereocenters. The van der Waals surface area contributed by atoms with Crippen molar-refractivity contribution in [3.8, 4) is 0 Å². The molecule has 4 aromatic rings. The first-order chi connectivity index (χ1) is 15.0. The number of sulfonamides is 1. The molecule has 1 aliphatic heterocycles. The Labute approximate surface area is 179 Å². The standard InChI is InChI=1S/C23H21N3O4S/c27-22(14-18-16-30-21-8-7-17-4-1-2-6-20(17)23(18)21)25-10-12-26(13-11-25)31(28,29)19-5-3-9-24-15-19/h1-9,15-16H,10-14H2. The molecule has 1 amide bonds. The van der Waals surface area contributed by atoms with Gasteiger partial charge in [-0.05, 0) is 29.0 Å². The van der Waals surface area contributed by atoms with Gasteiger partial charge in [-0.15, -0.1) is 0 Å². The van der Waals surface area contributed by atoms with E-state index >= 15 is 0 Å². The van der Waals surface area contributed by atoms with Gasteiger partial charge in [0.05, 0.1) is 12.7 Å². The number of carbonyl (C=O) groups is 1. The van der Waals surface area contributed by atoms with E-state index in [4.69, 9.17) is 4.42 Å².